The lowest BCUT2D eigenvalue weighted by Gasteiger charge is -2.35. The molecule has 2 unspecified atom stereocenters. The topological polar surface area (TPSA) is 69.7 Å². The molecule has 0 saturated carbocycles. The number of hydrogen-bond acceptors (Lipinski definition) is 4. The lowest BCUT2D eigenvalue weighted by atomic mass is 9.98. The van der Waals surface area contributed by atoms with Crippen LogP contribution in [0.5, 0.6) is 0 Å². The third kappa shape index (κ3) is 3.28. The minimum Gasteiger partial charge on any atom is -0.339 e. The Kier molecular flexibility index (Phi) is 4.79. The molecule has 0 aromatic heterocycles. The summed E-state index contributed by atoms with van der Waals surface area (Å²) < 4.78 is 26.7. The van der Waals surface area contributed by atoms with E-state index in [1.54, 1.807) is 24.3 Å². The first-order valence-electron chi connectivity index (χ1n) is 9.58. The molecular formula is C19H27N3O3S. The van der Waals surface area contributed by atoms with Crippen LogP contribution in [0.2, 0.25) is 0 Å². The zero-order valence-corrected chi connectivity index (χ0v) is 16.0. The average Bonchev–Trinajstić information content (AvgIpc) is 3.31. The number of benzene rings is 1. The maximum atomic E-state index is 12.8. The number of nitrogens with zero attached hydrogens (tertiary/aromatic N) is 2. The molecule has 6 nitrogen and oxygen atoms in total. The van der Waals surface area contributed by atoms with Crippen molar-refractivity contribution in [3.8, 4) is 0 Å². The quantitative estimate of drug-likeness (QED) is 0.869. The van der Waals surface area contributed by atoms with Crippen molar-refractivity contribution in [2.45, 2.75) is 61.5 Å². The van der Waals surface area contributed by atoms with E-state index in [2.05, 4.69) is 5.32 Å². The van der Waals surface area contributed by atoms with Gasteiger partial charge in [0.15, 0.2) is 0 Å². The molecule has 1 N–H and O–H groups in total. The first-order valence-corrected chi connectivity index (χ1v) is 11.0. The van der Waals surface area contributed by atoms with Crippen molar-refractivity contribution in [1.29, 1.82) is 0 Å². The Balaban J connectivity index is 1.47. The highest BCUT2D eigenvalue weighted by Crippen LogP contribution is 2.30. The van der Waals surface area contributed by atoms with E-state index in [1.165, 1.54) is 17.1 Å². The third-order valence-electron chi connectivity index (χ3n) is 6.12. The summed E-state index contributed by atoms with van der Waals surface area (Å²) >= 11 is 0. The molecule has 3 fully saturated rings. The summed E-state index contributed by atoms with van der Waals surface area (Å²) in [5, 5.41) is 3.60. The molecule has 1 amide bonds. The van der Waals surface area contributed by atoms with Gasteiger partial charge in [-0.15, -0.1) is 0 Å². The lowest BCUT2D eigenvalue weighted by molar-refractivity contribution is 0.0681. The van der Waals surface area contributed by atoms with E-state index in [-0.39, 0.29) is 16.8 Å². The zero-order chi connectivity index (χ0) is 18.3. The Morgan fingerprint density at radius 3 is 2.23 bits per heavy atom. The molecule has 0 spiro atoms. The summed E-state index contributed by atoms with van der Waals surface area (Å²) in [6, 6.07) is 7.76. The van der Waals surface area contributed by atoms with Crippen LogP contribution in [0, 0.1) is 0 Å². The Labute approximate surface area is 155 Å². The van der Waals surface area contributed by atoms with Gasteiger partial charge in [0.2, 0.25) is 10.0 Å². The van der Waals surface area contributed by atoms with Gasteiger partial charge in [0, 0.05) is 43.8 Å². The summed E-state index contributed by atoms with van der Waals surface area (Å²) in [5.41, 5.74) is 0.554. The number of carbonyl (C=O) groups is 1. The van der Waals surface area contributed by atoms with E-state index in [1.807, 2.05) is 11.9 Å². The van der Waals surface area contributed by atoms with Crippen LogP contribution in [0.1, 0.15) is 48.9 Å². The highest BCUT2D eigenvalue weighted by atomic mass is 32.2. The minimum atomic E-state index is -3.43. The number of amides is 1. The smallest absolute Gasteiger partial charge is 0.253 e. The molecule has 1 aromatic carbocycles. The second kappa shape index (κ2) is 6.94. The number of rotatable bonds is 4. The van der Waals surface area contributed by atoms with Gasteiger partial charge in [0.05, 0.1) is 4.90 Å². The molecule has 2 bridgehead atoms. The van der Waals surface area contributed by atoms with E-state index in [9.17, 15) is 13.2 Å². The van der Waals surface area contributed by atoms with Crippen molar-refractivity contribution in [1.82, 2.24) is 14.5 Å². The van der Waals surface area contributed by atoms with Crippen molar-refractivity contribution in [2.75, 3.05) is 20.1 Å². The van der Waals surface area contributed by atoms with Crippen LogP contribution in [0.25, 0.3) is 0 Å². The predicted octanol–water partition coefficient (Wildman–Crippen LogP) is 1.83. The molecule has 0 aliphatic carbocycles. The van der Waals surface area contributed by atoms with Gasteiger partial charge in [0.25, 0.3) is 5.91 Å². The molecule has 1 aromatic rings. The van der Waals surface area contributed by atoms with Crippen molar-refractivity contribution < 1.29 is 13.2 Å². The van der Waals surface area contributed by atoms with Gasteiger partial charge in [-0.1, -0.05) is 0 Å². The fraction of sp³-hybridized carbons (Fsp3) is 0.632. The van der Waals surface area contributed by atoms with E-state index >= 15 is 0 Å². The van der Waals surface area contributed by atoms with Crippen LogP contribution in [0.4, 0.5) is 0 Å². The predicted molar refractivity (Wildman–Crippen MR) is 99.5 cm³/mol. The second-order valence-corrected chi connectivity index (χ2v) is 9.75. The van der Waals surface area contributed by atoms with Crippen LogP contribution in [0.15, 0.2) is 29.2 Å². The van der Waals surface area contributed by atoms with Crippen LogP contribution >= 0.6 is 0 Å². The van der Waals surface area contributed by atoms with Crippen LogP contribution in [-0.2, 0) is 10.0 Å². The van der Waals surface area contributed by atoms with Crippen LogP contribution in [-0.4, -0.2) is 61.8 Å². The molecular weight excluding hydrogens is 350 g/mol. The van der Waals surface area contributed by atoms with Crippen molar-refractivity contribution >= 4 is 15.9 Å². The van der Waals surface area contributed by atoms with Crippen molar-refractivity contribution in [2.24, 2.45) is 0 Å². The summed E-state index contributed by atoms with van der Waals surface area (Å²) in [5.74, 6) is -0.0265. The van der Waals surface area contributed by atoms with Crippen molar-refractivity contribution in [3.05, 3.63) is 29.8 Å². The molecule has 3 aliphatic heterocycles. The van der Waals surface area contributed by atoms with Gasteiger partial charge >= 0.3 is 0 Å². The Morgan fingerprint density at radius 1 is 1.08 bits per heavy atom. The highest BCUT2D eigenvalue weighted by molar-refractivity contribution is 7.89. The summed E-state index contributed by atoms with van der Waals surface area (Å²) in [6.07, 6.45) is 6.23. The SMILES string of the molecule is CN(C(=O)c1ccc(S(=O)(=O)N2CCCC2)cc1)C1CC2CCC(C1)N2. The largest absolute Gasteiger partial charge is 0.339 e. The molecule has 3 saturated heterocycles. The fourth-order valence-corrected chi connectivity index (χ4v) is 6.08. The Bertz CT molecular complexity index is 760. The van der Waals surface area contributed by atoms with Crippen LogP contribution in [0.3, 0.4) is 0 Å². The standard InChI is InChI=1S/C19H27N3O3S/c1-21(17-12-15-6-7-16(13-17)20-15)19(23)14-4-8-18(9-5-14)26(24,25)22-10-2-3-11-22/h4-5,8-9,15-17,20H,2-3,6-7,10-13H2,1H3. The van der Waals surface area contributed by atoms with E-state index in [0.717, 1.165) is 25.7 Å². The second-order valence-electron chi connectivity index (χ2n) is 7.81. The molecule has 3 aliphatic rings. The number of carbonyl (C=O) groups excluding carboxylic acids is 1. The Morgan fingerprint density at radius 2 is 1.65 bits per heavy atom. The minimum absolute atomic E-state index is 0.0265. The monoisotopic (exact) mass is 377 g/mol. The Hall–Kier alpha value is -1.44. The van der Waals surface area contributed by atoms with E-state index < -0.39 is 10.0 Å². The van der Waals surface area contributed by atoms with Gasteiger partial charge in [-0.3, -0.25) is 4.79 Å². The number of fused-ring (bicyclic) bond motifs is 2. The van der Waals surface area contributed by atoms with Gasteiger partial charge < -0.3 is 10.2 Å². The third-order valence-corrected chi connectivity index (χ3v) is 8.03. The molecule has 0 radical (unpaired) electrons. The normalized spacial score (nSPS) is 29.0. The summed E-state index contributed by atoms with van der Waals surface area (Å²) in [7, 11) is -1.56. The van der Waals surface area contributed by atoms with Crippen LogP contribution < -0.4 is 5.32 Å². The molecule has 142 valence electrons. The fourth-order valence-electron chi connectivity index (χ4n) is 4.56. The highest BCUT2D eigenvalue weighted by Gasteiger charge is 2.36. The first-order chi connectivity index (χ1) is 12.4. The van der Waals surface area contributed by atoms with E-state index in [0.29, 0.717) is 30.7 Å². The van der Waals surface area contributed by atoms with Crippen molar-refractivity contribution in [3.63, 3.8) is 0 Å². The molecule has 2 atom stereocenters. The number of hydrogen-bond donors (Lipinski definition) is 1. The number of piperidine rings is 1. The molecule has 4 rings (SSSR count). The maximum Gasteiger partial charge on any atom is 0.253 e. The van der Waals surface area contributed by atoms with E-state index in [4.69, 9.17) is 0 Å². The summed E-state index contributed by atoms with van der Waals surface area (Å²) in [6.45, 7) is 1.17. The summed E-state index contributed by atoms with van der Waals surface area (Å²) in [4.78, 5) is 15.0. The van der Waals surface area contributed by atoms with Gasteiger partial charge in [-0.05, 0) is 62.8 Å². The molecule has 7 heteroatoms. The number of nitrogens with one attached hydrogen (secondary N) is 1. The van der Waals surface area contributed by atoms with Gasteiger partial charge in [-0.2, -0.15) is 4.31 Å². The van der Waals surface area contributed by atoms with Gasteiger partial charge in [0.1, 0.15) is 0 Å². The van der Waals surface area contributed by atoms with Gasteiger partial charge in [-0.25, -0.2) is 8.42 Å². The zero-order valence-electron chi connectivity index (χ0n) is 15.2. The first kappa shape index (κ1) is 17.9. The maximum absolute atomic E-state index is 12.8. The average molecular weight is 378 g/mol. The molecule has 3 heterocycles. The lowest BCUT2D eigenvalue weighted by Crippen LogP contribution is -2.48. The number of sulfonamides is 1. The molecule has 26 heavy (non-hydrogen) atoms.